The van der Waals surface area contributed by atoms with Crippen LogP contribution in [0.3, 0.4) is 0 Å². The maximum absolute atomic E-state index is 13.2. The molecule has 28 heavy (non-hydrogen) atoms. The lowest BCUT2D eigenvalue weighted by Gasteiger charge is -2.11. The molecule has 2 aromatic carbocycles. The Morgan fingerprint density at radius 3 is 2.54 bits per heavy atom. The average Bonchev–Trinajstić information content (AvgIpc) is 2.71. The van der Waals surface area contributed by atoms with Gasteiger partial charge in [0, 0.05) is 18.4 Å². The van der Waals surface area contributed by atoms with E-state index in [4.69, 9.17) is 0 Å². The summed E-state index contributed by atoms with van der Waals surface area (Å²) in [5.41, 5.74) is 5.09. The molecule has 0 radical (unpaired) electrons. The van der Waals surface area contributed by atoms with E-state index in [1.54, 1.807) is 43.3 Å². The molecule has 0 fully saturated rings. The summed E-state index contributed by atoms with van der Waals surface area (Å²) in [4.78, 5) is 36.8. The summed E-state index contributed by atoms with van der Waals surface area (Å²) in [6, 6.07) is 12.6. The number of rotatable bonds is 5. The van der Waals surface area contributed by atoms with Crippen molar-refractivity contribution in [1.82, 2.24) is 20.6 Å². The second-order valence-corrected chi connectivity index (χ2v) is 6.15. The summed E-state index contributed by atoms with van der Waals surface area (Å²) < 4.78 is 14.4. The van der Waals surface area contributed by atoms with Crippen LogP contribution in [0.15, 0.2) is 53.3 Å². The highest BCUT2D eigenvalue weighted by Crippen LogP contribution is 2.13. The van der Waals surface area contributed by atoms with Crippen molar-refractivity contribution in [2.75, 3.05) is 0 Å². The first-order chi connectivity index (χ1) is 13.5. The molecule has 2 amide bonds. The number of carbonyl (C=O) groups excluding carboxylic acids is 2. The van der Waals surface area contributed by atoms with Gasteiger partial charge < -0.3 is 0 Å². The Morgan fingerprint density at radius 1 is 1.07 bits per heavy atom. The Balaban J connectivity index is 1.69. The van der Waals surface area contributed by atoms with Gasteiger partial charge in [0.05, 0.1) is 5.39 Å². The molecule has 1 heterocycles. The van der Waals surface area contributed by atoms with Crippen LogP contribution in [0.2, 0.25) is 0 Å². The molecule has 8 heteroatoms. The maximum Gasteiger partial charge on any atom is 0.290 e. The van der Waals surface area contributed by atoms with Crippen molar-refractivity contribution in [3.05, 3.63) is 76.0 Å². The molecule has 0 unspecified atom stereocenters. The third kappa shape index (κ3) is 4.22. The van der Waals surface area contributed by atoms with E-state index < -0.39 is 11.8 Å². The summed E-state index contributed by atoms with van der Waals surface area (Å²) in [7, 11) is 0. The van der Waals surface area contributed by atoms with E-state index in [2.05, 4.69) is 16.0 Å². The topological polar surface area (TPSA) is 93.1 Å². The Morgan fingerprint density at radius 2 is 1.82 bits per heavy atom. The molecule has 0 aliphatic heterocycles. The Labute approximate surface area is 160 Å². The molecule has 0 spiro atoms. The lowest BCUT2D eigenvalue weighted by Crippen LogP contribution is -2.42. The average molecular weight is 382 g/mol. The molecule has 2 N–H and O–H groups in total. The van der Waals surface area contributed by atoms with Gasteiger partial charge in [-0.25, -0.2) is 9.07 Å². The van der Waals surface area contributed by atoms with Crippen molar-refractivity contribution in [2.45, 2.75) is 26.3 Å². The van der Waals surface area contributed by atoms with Gasteiger partial charge in [0.2, 0.25) is 5.91 Å². The molecular weight excluding hydrogens is 363 g/mol. The number of hydrogen-bond acceptors (Lipinski definition) is 4. The number of amides is 2. The van der Waals surface area contributed by atoms with Crippen LogP contribution in [0.5, 0.6) is 0 Å². The molecule has 3 aromatic rings. The molecule has 0 bridgehead atoms. The summed E-state index contributed by atoms with van der Waals surface area (Å²) in [5.74, 6) is -1.42. The molecule has 144 valence electrons. The standard InChI is InChI=1S/C20H19FN4O3/c1-2-25-20(28)16-9-4-3-8-15(16)18(24-25)19(27)23-22-17(26)11-10-13-6-5-7-14(21)12-13/h3-9,12H,2,10-11H2,1H3,(H,22,26)(H,23,27). The number of nitrogens with zero attached hydrogens (tertiary/aromatic N) is 2. The molecule has 3 rings (SSSR count). The quantitative estimate of drug-likeness (QED) is 0.660. The highest BCUT2D eigenvalue weighted by atomic mass is 19.1. The minimum atomic E-state index is -0.627. The lowest BCUT2D eigenvalue weighted by atomic mass is 10.1. The number of carbonyl (C=O) groups is 2. The first-order valence-electron chi connectivity index (χ1n) is 8.83. The fraction of sp³-hybridized carbons (Fsp3) is 0.200. The largest absolute Gasteiger partial charge is 0.290 e. The van der Waals surface area contributed by atoms with Crippen LogP contribution in [-0.2, 0) is 17.8 Å². The minimum absolute atomic E-state index is 0.0440. The van der Waals surface area contributed by atoms with Gasteiger partial charge in [0.1, 0.15) is 5.82 Å². The maximum atomic E-state index is 13.2. The first-order valence-corrected chi connectivity index (χ1v) is 8.83. The van der Waals surface area contributed by atoms with Gasteiger partial charge >= 0.3 is 0 Å². The number of hydrazine groups is 1. The number of halogens is 1. The Bertz CT molecular complexity index is 1090. The molecule has 1 aromatic heterocycles. The van der Waals surface area contributed by atoms with Gasteiger partial charge in [-0.2, -0.15) is 5.10 Å². The highest BCUT2D eigenvalue weighted by Gasteiger charge is 2.16. The van der Waals surface area contributed by atoms with E-state index in [1.807, 2.05) is 0 Å². The predicted molar refractivity (Wildman–Crippen MR) is 102 cm³/mol. The first kappa shape index (κ1) is 19.2. The third-order valence-electron chi connectivity index (χ3n) is 4.23. The smallest absolute Gasteiger partial charge is 0.273 e. The van der Waals surface area contributed by atoms with E-state index in [0.717, 1.165) is 0 Å². The van der Waals surface area contributed by atoms with Crippen LogP contribution < -0.4 is 16.4 Å². The van der Waals surface area contributed by atoms with Crippen LogP contribution in [0.25, 0.3) is 10.8 Å². The van der Waals surface area contributed by atoms with Gasteiger partial charge in [-0.3, -0.25) is 25.2 Å². The van der Waals surface area contributed by atoms with Crippen molar-refractivity contribution in [3.8, 4) is 0 Å². The van der Waals surface area contributed by atoms with Crippen molar-refractivity contribution in [3.63, 3.8) is 0 Å². The van der Waals surface area contributed by atoms with Crippen molar-refractivity contribution in [1.29, 1.82) is 0 Å². The highest BCUT2D eigenvalue weighted by molar-refractivity contribution is 6.05. The molecule has 7 nitrogen and oxygen atoms in total. The molecule has 0 saturated carbocycles. The third-order valence-corrected chi connectivity index (χ3v) is 4.23. The van der Waals surface area contributed by atoms with Gasteiger partial charge in [0.25, 0.3) is 11.5 Å². The van der Waals surface area contributed by atoms with E-state index in [0.29, 0.717) is 29.3 Å². The number of nitrogens with one attached hydrogen (secondary N) is 2. The number of aryl methyl sites for hydroxylation is 2. The fourth-order valence-electron chi connectivity index (χ4n) is 2.82. The Hall–Kier alpha value is -3.55. The monoisotopic (exact) mass is 382 g/mol. The van der Waals surface area contributed by atoms with Gasteiger partial charge in [-0.15, -0.1) is 0 Å². The van der Waals surface area contributed by atoms with Crippen LogP contribution in [-0.4, -0.2) is 21.6 Å². The zero-order valence-corrected chi connectivity index (χ0v) is 15.2. The molecule has 0 atom stereocenters. The summed E-state index contributed by atoms with van der Waals surface area (Å²) >= 11 is 0. The van der Waals surface area contributed by atoms with E-state index >= 15 is 0 Å². The SMILES string of the molecule is CCn1nc(C(=O)NNC(=O)CCc2cccc(F)c2)c2ccccc2c1=O. The predicted octanol–water partition coefficient (Wildman–Crippen LogP) is 1.95. The van der Waals surface area contributed by atoms with Gasteiger partial charge in [0.15, 0.2) is 5.69 Å². The zero-order chi connectivity index (χ0) is 20.1. The van der Waals surface area contributed by atoms with Crippen LogP contribution in [0, 0.1) is 5.82 Å². The molecule has 0 saturated heterocycles. The van der Waals surface area contributed by atoms with E-state index in [1.165, 1.54) is 16.8 Å². The van der Waals surface area contributed by atoms with Crippen LogP contribution in [0.1, 0.15) is 29.4 Å². The van der Waals surface area contributed by atoms with Crippen LogP contribution in [0.4, 0.5) is 4.39 Å². The number of aromatic nitrogens is 2. The molecule has 0 aliphatic carbocycles. The summed E-state index contributed by atoms with van der Waals surface area (Å²) in [6.45, 7) is 2.06. The van der Waals surface area contributed by atoms with Gasteiger partial charge in [-0.05, 0) is 37.1 Å². The zero-order valence-electron chi connectivity index (χ0n) is 15.2. The van der Waals surface area contributed by atoms with Crippen molar-refractivity contribution >= 4 is 22.6 Å². The fourth-order valence-corrected chi connectivity index (χ4v) is 2.82. The van der Waals surface area contributed by atoms with E-state index in [9.17, 15) is 18.8 Å². The number of hydrogen-bond donors (Lipinski definition) is 2. The second kappa shape index (κ2) is 8.43. The normalized spacial score (nSPS) is 10.6. The number of fused-ring (bicyclic) bond motifs is 1. The van der Waals surface area contributed by atoms with Gasteiger partial charge in [-0.1, -0.05) is 30.3 Å². The lowest BCUT2D eigenvalue weighted by molar-refractivity contribution is -0.121. The minimum Gasteiger partial charge on any atom is -0.273 e. The van der Waals surface area contributed by atoms with Crippen molar-refractivity contribution in [2.24, 2.45) is 0 Å². The van der Waals surface area contributed by atoms with Crippen LogP contribution >= 0.6 is 0 Å². The Kier molecular flexibility index (Phi) is 5.78. The second-order valence-electron chi connectivity index (χ2n) is 6.15. The summed E-state index contributed by atoms with van der Waals surface area (Å²) in [6.07, 6.45) is 0.410. The summed E-state index contributed by atoms with van der Waals surface area (Å²) in [5, 5.41) is 4.88. The molecular formula is C20H19FN4O3. The van der Waals surface area contributed by atoms with Crippen molar-refractivity contribution < 1.29 is 14.0 Å². The number of benzene rings is 2. The van der Waals surface area contributed by atoms with E-state index in [-0.39, 0.29) is 23.5 Å². The molecule has 0 aliphatic rings.